The molecule has 0 radical (unpaired) electrons. The maximum Gasteiger partial charge on any atom is 0.344 e. The first-order valence-corrected chi connectivity index (χ1v) is 5.64. The summed E-state index contributed by atoms with van der Waals surface area (Å²) in [5.74, 6) is -0.702. The summed E-state index contributed by atoms with van der Waals surface area (Å²) in [6.07, 6.45) is 1.39. The first kappa shape index (κ1) is 13.5. The van der Waals surface area contributed by atoms with Gasteiger partial charge in [0.25, 0.3) is 11.5 Å². The second kappa shape index (κ2) is 5.83. The highest BCUT2D eigenvalue weighted by atomic mass is 16.5. The Morgan fingerprint density at radius 2 is 2.30 bits per heavy atom. The molecule has 0 saturated heterocycles. The van der Waals surface area contributed by atoms with Crippen LogP contribution in [0.2, 0.25) is 0 Å². The molecule has 20 heavy (non-hydrogen) atoms. The molecule has 0 bridgehead atoms. The molecule has 0 saturated carbocycles. The van der Waals surface area contributed by atoms with Crippen molar-refractivity contribution in [2.45, 2.75) is 6.92 Å². The monoisotopic (exact) mass is 277 g/mol. The van der Waals surface area contributed by atoms with Crippen molar-refractivity contribution in [3.05, 3.63) is 46.1 Å². The summed E-state index contributed by atoms with van der Waals surface area (Å²) in [5, 5.41) is 5.93. The second-order valence-corrected chi connectivity index (χ2v) is 3.86. The summed E-state index contributed by atoms with van der Waals surface area (Å²) in [4.78, 5) is 36.7. The average molecular weight is 277 g/mol. The molecular formula is C12H11N3O5. The number of rotatable bonds is 4. The van der Waals surface area contributed by atoms with E-state index in [-0.39, 0.29) is 11.4 Å². The summed E-state index contributed by atoms with van der Waals surface area (Å²) >= 11 is 0. The van der Waals surface area contributed by atoms with Gasteiger partial charge in [-0.2, -0.15) is 0 Å². The maximum absolute atomic E-state index is 11.6. The van der Waals surface area contributed by atoms with Gasteiger partial charge in [-0.05, 0) is 19.1 Å². The van der Waals surface area contributed by atoms with Crippen LogP contribution in [0.25, 0.3) is 0 Å². The SMILES string of the molecule is Cc1cc(NC(=O)COC(=O)c2ccc[nH]c2=O)no1. The fraction of sp³-hybridized carbons (Fsp3) is 0.167. The molecule has 0 aliphatic heterocycles. The number of carbonyl (C=O) groups is 2. The number of hydrogen-bond donors (Lipinski definition) is 2. The number of aromatic nitrogens is 2. The number of ether oxygens (including phenoxy) is 1. The Kier molecular flexibility index (Phi) is 3.94. The van der Waals surface area contributed by atoms with E-state index in [1.165, 1.54) is 24.4 Å². The summed E-state index contributed by atoms with van der Waals surface area (Å²) in [6.45, 7) is 1.14. The van der Waals surface area contributed by atoms with Crippen molar-refractivity contribution >= 4 is 17.7 Å². The summed E-state index contributed by atoms with van der Waals surface area (Å²) in [6, 6.07) is 4.30. The lowest BCUT2D eigenvalue weighted by Crippen LogP contribution is -2.24. The van der Waals surface area contributed by atoms with Gasteiger partial charge in [-0.3, -0.25) is 9.59 Å². The molecule has 0 fully saturated rings. The Morgan fingerprint density at radius 1 is 1.50 bits per heavy atom. The van der Waals surface area contributed by atoms with E-state index < -0.39 is 24.0 Å². The van der Waals surface area contributed by atoms with Crippen LogP contribution in [0.4, 0.5) is 5.82 Å². The van der Waals surface area contributed by atoms with Crippen LogP contribution in [0.1, 0.15) is 16.1 Å². The van der Waals surface area contributed by atoms with Crippen molar-refractivity contribution in [3.63, 3.8) is 0 Å². The Labute approximate surface area is 112 Å². The minimum absolute atomic E-state index is 0.169. The lowest BCUT2D eigenvalue weighted by atomic mass is 10.3. The number of nitrogens with zero attached hydrogens (tertiary/aromatic N) is 1. The van der Waals surface area contributed by atoms with E-state index in [4.69, 9.17) is 9.26 Å². The quantitative estimate of drug-likeness (QED) is 0.785. The van der Waals surface area contributed by atoms with Gasteiger partial charge in [0.2, 0.25) is 0 Å². The third kappa shape index (κ3) is 3.31. The van der Waals surface area contributed by atoms with Crippen molar-refractivity contribution in [2.24, 2.45) is 0 Å². The molecule has 0 aromatic carbocycles. The Balaban J connectivity index is 1.89. The third-order valence-corrected chi connectivity index (χ3v) is 2.27. The summed E-state index contributed by atoms with van der Waals surface area (Å²) in [5.41, 5.74) is -0.748. The minimum atomic E-state index is -0.877. The molecule has 8 heteroatoms. The Hall–Kier alpha value is -2.90. The second-order valence-electron chi connectivity index (χ2n) is 3.86. The van der Waals surface area contributed by atoms with E-state index >= 15 is 0 Å². The van der Waals surface area contributed by atoms with Crippen LogP contribution < -0.4 is 10.9 Å². The van der Waals surface area contributed by atoms with Crippen LogP contribution in [-0.2, 0) is 9.53 Å². The number of esters is 1. The molecule has 0 aliphatic carbocycles. The number of aryl methyl sites for hydroxylation is 1. The summed E-state index contributed by atoms with van der Waals surface area (Å²) in [7, 11) is 0. The predicted molar refractivity (Wildman–Crippen MR) is 67.2 cm³/mol. The van der Waals surface area contributed by atoms with E-state index in [9.17, 15) is 14.4 Å². The first-order valence-electron chi connectivity index (χ1n) is 5.64. The number of nitrogens with one attached hydrogen (secondary N) is 2. The third-order valence-electron chi connectivity index (χ3n) is 2.27. The van der Waals surface area contributed by atoms with Gasteiger partial charge in [0.05, 0.1) is 0 Å². The molecule has 1 amide bonds. The van der Waals surface area contributed by atoms with Crippen molar-refractivity contribution in [1.29, 1.82) is 0 Å². The zero-order chi connectivity index (χ0) is 14.5. The highest BCUT2D eigenvalue weighted by molar-refractivity contribution is 5.94. The Bertz CT molecular complexity index is 688. The predicted octanol–water partition coefficient (Wildman–Crippen LogP) is 0.467. The first-order chi connectivity index (χ1) is 9.56. The molecule has 2 N–H and O–H groups in total. The number of carbonyl (C=O) groups excluding carboxylic acids is 2. The van der Waals surface area contributed by atoms with Crippen molar-refractivity contribution in [1.82, 2.24) is 10.1 Å². The van der Waals surface area contributed by atoms with Gasteiger partial charge in [0, 0.05) is 12.3 Å². The number of pyridine rings is 1. The topological polar surface area (TPSA) is 114 Å². The van der Waals surface area contributed by atoms with Gasteiger partial charge in [0.1, 0.15) is 11.3 Å². The Morgan fingerprint density at radius 3 is 2.95 bits per heavy atom. The van der Waals surface area contributed by atoms with E-state index in [1.807, 2.05) is 0 Å². The number of amides is 1. The van der Waals surface area contributed by atoms with Gasteiger partial charge >= 0.3 is 5.97 Å². The van der Waals surface area contributed by atoms with Crippen LogP contribution in [0.5, 0.6) is 0 Å². The number of anilines is 1. The molecule has 2 heterocycles. The van der Waals surface area contributed by atoms with Gasteiger partial charge in [-0.25, -0.2) is 4.79 Å². The van der Waals surface area contributed by atoms with Crippen molar-refractivity contribution < 1.29 is 18.8 Å². The maximum atomic E-state index is 11.6. The van der Waals surface area contributed by atoms with Crippen LogP contribution in [-0.4, -0.2) is 28.6 Å². The summed E-state index contributed by atoms with van der Waals surface area (Å²) < 4.78 is 9.48. The van der Waals surface area contributed by atoms with E-state index in [0.717, 1.165) is 0 Å². The molecule has 0 unspecified atom stereocenters. The largest absolute Gasteiger partial charge is 0.452 e. The fourth-order valence-electron chi connectivity index (χ4n) is 1.40. The van der Waals surface area contributed by atoms with E-state index in [2.05, 4.69) is 15.5 Å². The lowest BCUT2D eigenvalue weighted by Gasteiger charge is -2.03. The number of hydrogen-bond acceptors (Lipinski definition) is 6. The molecule has 2 aromatic heterocycles. The van der Waals surface area contributed by atoms with E-state index in [1.54, 1.807) is 6.92 Å². The highest BCUT2D eigenvalue weighted by Gasteiger charge is 2.14. The number of H-pyrrole nitrogens is 1. The van der Waals surface area contributed by atoms with Crippen molar-refractivity contribution in [3.8, 4) is 0 Å². The molecule has 0 spiro atoms. The lowest BCUT2D eigenvalue weighted by molar-refractivity contribution is -0.119. The van der Waals surface area contributed by atoms with Crippen LogP contribution in [0, 0.1) is 6.92 Å². The van der Waals surface area contributed by atoms with Crippen LogP contribution in [0.3, 0.4) is 0 Å². The van der Waals surface area contributed by atoms with Gasteiger partial charge < -0.3 is 19.6 Å². The zero-order valence-electron chi connectivity index (χ0n) is 10.5. The minimum Gasteiger partial charge on any atom is -0.452 e. The van der Waals surface area contributed by atoms with Gasteiger partial charge in [-0.1, -0.05) is 5.16 Å². The molecule has 8 nitrogen and oxygen atoms in total. The van der Waals surface area contributed by atoms with Crippen LogP contribution in [0.15, 0.2) is 33.7 Å². The van der Waals surface area contributed by atoms with Crippen LogP contribution >= 0.6 is 0 Å². The van der Waals surface area contributed by atoms with Gasteiger partial charge in [-0.15, -0.1) is 0 Å². The standard InChI is InChI=1S/C12H11N3O5/c1-7-5-9(15-20-7)14-10(16)6-19-12(18)8-3-2-4-13-11(8)17/h2-5H,6H2,1H3,(H,13,17)(H,14,15,16). The molecule has 2 aromatic rings. The smallest absolute Gasteiger partial charge is 0.344 e. The molecule has 0 aliphatic rings. The average Bonchev–Trinajstić information content (AvgIpc) is 2.82. The molecule has 0 atom stereocenters. The highest BCUT2D eigenvalue weighted by Crippen LogP contribution is 2.06. The molecule has 104 valence electrons. The molecular weight excluding hydrogens is 266 g/mol. The van der Waals surface area contributed by atoms with E-state index in [0.29, 0.717) is 5.76 Å². The normalized spacial score (nSPS) is 10.1. The fourth-order valence-corrected chi connectivity index (χ4v) is 1.40. The molecule has 2 rings (SSSR count). The van der Waals surface area contributed by atoms with Crippen molar-refractivity contribution in [2.75, 3.05) is 11.9 Å². The number of aromatic amines is 1. The van der Waals surface area contributed by atoms with Gasteiger partial charge in [0.15, 0.2) is 12.4 Å². The zero-order valence-corrected chi connectivity index (χ0v) is 10.5.